The van der Waals surface area contributed by atoms with E-state index >= 15 is 0 Å². The molecule has 0 aromatic carbocycles. The van der Waals surface area contributed by atoms with Crippen LogP contribution < -0.4 is 5.73 Å². The van der Waals surface area contributed by atoms with Gasteiger partial charge in [0, 0.05) is 23.8 Å². The molecular formula is C11H15N3S. The Labute approximate surface area is 93.6 Å². The Morgan fingerprint density at radius 1 is 1.60 bits per heavy atom. The molecule has 1 unspecified atom stereocenters. The zero-order chi connectivity index (χ0) is 10.8. The second-order valence-corrected chi connectivity index (χ2v) is 4.46. The Balaban J connectivity index is 2.36. The van der Waals surface area contributed by atoms with Crippen LogP contribution in [0.15, 0.2) is 23.8 Å². The van der Waals surface area contributed by atoms with E-state index in [9.17, 15) is 0 Å². The van der Waals surface area contributed by atoms with Crippen LogP contribution in [-0.2, 0) is 6.54 Å². The van der Waals surface area contributed by atoms with Crippen LogP contribution in [0.4, 0.5) is 0 Å². The summed E-state index contributed by atoms with van der Waals surface area (Å²) >= 11 is 1.70. The Morgan fingerprint density at radius 2 is 2.40 bits per heavy atom. The fourth-order valence-corrected chi connectivity index (χ4v) is 2.61. The normalized spacial score (nSPS) is 13.0. The summed E-state index contributed by atoms with van der Waals surface area (Å²) in [5, 5.41) is 2.07. The van der Waals surface area contributed by atoms with Crippen LogP contribution in [0.25, 0.3) is 0 Å². The Bertz CT molecular complexity index is 444. The molecule has 0 aliphatic carbocycles. The topological polar surface area (TPSA) is 43.8 Å². The fraction of sp³-hybridized carbons (Fsp3) is 0.364. The molecule has 2 rings (SSSR count). The van der Waals surface area contributed by atoms with E-state index in [-0.39, 0.29) is 6.04 Å². The van der Waals surface area contributed by atoms with Gasteiger partial charge in [-0.25, -0.2) is 4.98 Å². The average Bonchev–Trinajstić information content (AvgIpc) is 2.84. The third-order valence-corrected chi connectivity index (χ3v) is 3.65. The molecular weight excluding hydrogens is 206 g/mol. The van der Waals surface area contributed by atoms with Gasteiger partial charge in [0.05, 0.1) is 6.04 Å². The van der Waals surface area contributed by atoms with Crippen molar-refractivity contribution in [3.8, 4) is 0 Å². The SMILES string of the molecule is CCn1ccnc1C(N)c1sccc1C. The quantitative estimate of drug-likeness (QED) is 0.864. The van der Waals surface area contributed by atoms with E-state index in [0.29, 0.717) is 0 Å². The summed E-state index contributed by atoms with van der Waals surface area (Å²) in [6, 6.07) is 2.00. The van der Waals surface area contributed by atoms with Crippen LogP contribution in [0, 0.1) is 6.92 Å². The number of aryl methyl sites for hydroxylation is 2. The highest BCUT2D eigenvalue weighted by Gasteiger charge is 2.16. The van der Waals surface area contributed by atoms with Gasteiger partial charge in [0.1, 0.15) is 5.82 Å². The van der Waals surface area contributed by atoms with Crippen molar-refractivity contribution in [2.75, 3.05) is 0 Å². The van der Waals surface area contributed by atoms with Crippen molar-refractivity contribution < 1.29 is 0 Å². The lowest BCUT2D eigenvalue weighted by Crippen LogP contribution is -2.17. The molecule has 1 atom stereocenters. The van der Waals surface area contributed by atoms with Gasteiger partial charge in [-0.05, 0) is 30.9 Å². The molecule has 0 radical (unpaired) electrons. The van der Waals surface area contributed by atoms with Gasteiger partial charge in [-0.1, -0.05) is 0 Å². The van der Waals surface area contributed by atoms with E-state index in [1.807, 2.05) is 12.4 Å². The first-order chi connectivity index (χ1) is 7.24. The number of imidazole rings is 1. The molecule has 2 aromatic rings. The number of nitrogens with zero attached hydrogens (tertiary/aromatic N) is 2. The lowest BCUT2D eigenvalue weighted by Gasteiger charge is -2.12. The van der Waals surface area contributed by atoms with Crippen molar-refractivity contribution in [2.24, 2.45) is 5.73 Å². The third-order valence-electron chi connectivity index (χ3n) is 2.55. The van der Waals surface area contributed by atoms with E-state index in [4.69, 9.17) is 5.73 Å². The van der Waals surface area contributed by atoms with E-state index in [1.54, 1.807) is 11.3 Å². The Hall–Kier alpha value is -1.13. The number of rotatable bonds is 3. The van der Waals surface area contributed by atoms with Gasteiger partial charge in [0.2, 0.25) is 0 Å². The molecule has 0 saturated carbocycles. The van der Waals surface area contributed by atoms with E-state index in [2.05, 4.69) is 34.8 Å². The second-order valence-electron chi connectivity index (χ2n) is 3.52. The standard InChI is InChI=1S/C11H15N3S/c1-3-14-6-5-13-11(14)9(12)10-8(2)4-7-15-10/h4-7,9H,3,12H2,1-2H3. The number of hydrogen-bond donors (Lipinski definition) is 1. The summed E-state index contributed by atoms with van der Waals surface area (Å²) in [7, 11) is 0. The second kappa shape index (κ2) is 4.16. The van der Waals surface area contributed by atoms with Crippen LogP contribution in [0.3, 0.4) is 0 Å². The summed E-state index contributed by atoms with van der Waals surface area (Å²) in [6.07, 6.45) is 3.78. The molecule has 80 valence electrons. The van der Waals surface area contributed by atoms with Crippen LogP contribution in [0.5, 0.6) is 0 Å². The molecule has 0 aliphatic heterocycles. The third kappa shape index (κ3) is 1.82. The lowest BCUT2D eigenvalue weighted by atomic mass is 10.1. The van der Waals surface area contributed by atoms with Crippen molar-refractivity contribution >= 4 is 11.3 Å². The Kier molecular flexibility index (Phi) is 2.88. The molecule has 0 amide bonds. The first kappa shape index (κ1) is 10.4. The van der Waals surface area contributed by atoms with E-state index in [1.165, 1.54) is 10.4 Å². The smallest absolute Gasteiger partial charge is 0.131 e. The molecule has 2 aromatic heterocycles. The first-order valence-corrected chi connectivity index (χ1v) is 5.92. The lowest BCUT2D eigenvalue weighted by molar-refractivity contribution is 0.660. The largest absolute Gasteiger partial charge is 0.334 e. The van der Waals surface area contributed by atoms with Crippen LogP contribution in [-0.4, -0.2) is 9.55 Å². The molecule has 2 N–H and O–H groups in total. The van der Waals surface area contributed by atoms with Crippen LogP contribution >= 0.6 is 11.3 Å². The minimum Gasteiger partial charge on any atom is -0.334 e. The summed E-state index contributed by atoms with van der Waals surface area (Å²) in [6.45, 7) is 5.09. The summed E-state index contributed by atoms with van der Waals surface area (Å²) in [4.78, 5) is 5.53. The number of nitrogens with two attached hydrogens (primary N) is 1. The number of hydrogen-bond acceptors (Lipinski definition) is 3. The summed E-state index contributed by atoms with van der Waals surface area (Å²) in [5.41, 5.74) is 7.46. The monoisotopic (exact) mass is 221 g/mol. The van der Waals surface area contributed by atoms with Crippen molar-refractivity contribution in [3.63, 3.8) is 0 Å². The predicted molar refractivity (Wildman–Crippen MR) is 63.0 cm³/mol. The van der Waals surface area contributed by atoms with Gasteiger partial charge in [0.25, 0.3) is 0 Å². The minimum absolute atomic E-state index is 0.0973. The average molecular weight is 221 g/mol. The van der Waals surface area contributed by atoms with Crippen molar-refractivity contribution in [3.05, 3.63) is 40.1 Å². The first-order valence-electron chi connectivity index (χ1n) is 5.04. The van der Waals surface area contributed by atoms with Crippen molar-refractivity contribution in [2.45, 2.75) is 26.4 Å². The van der Waals surface area contributed by atoms with E-state index in [0.717, 1.165) is 12.4 Å². The van der Waals surface area contributed by atoms with Crippen LogP contribution in [0.1, 0.15) is 29.2 Å². The molecule has 15 heavy (non-hydrogen) atoms. The van der Waals surface area contributed by atoms with Crippen LogP contribution in [0.2, 0.25) is 0 Å². The molecule has 0 bridgehead atoms. The molecule has 0 aliphatic rings. The van der Waals surface area contributed by atoms with Gasteiger partial charge in [0.15, 0.2) is 0 Å². The minimum atomic E-state index is -0.0973. The van der Waals surface area contributed by atoms with E-state index < -0.39 is 0 Å². The highest BCUT2D eigenvalue weighted by Crippen LogP contribution is 2.26. The van der Waals surface area contributed by atoms with Gasteiger partial charge in [-0.3, -0.25) is 0 Å². The maximum Gasteiger partial charge on any atom is 0.131 e. The summed E-state index contributed by atoms with van der Waals surface area (Å²) in [5.74, 6) is 0.947. The van der Waals surface area contributed by atoms with Gasteiger partial charge in [-0.15, -0.1) is 11.3 Å². The maximum atomic E-state index is 6.21. The van der Waals surface area contributed by atoms with Gasteiger partial charge in [-0.2, -0.15) is 0 Å². The molecule has 0 saturated heterocycles. The zero-order valence-corrected chi connectivity index (χ0v) is 9.79. The van der Waals surface area contributed by atoms with Crippen molar-refractivity contribution in [1.82, 2.24) is 9.55 Å². The number of aromatic nitrogens is 2. The van der Waals surface area contributed by atoms with Gasteiger partial charge < -0.3 is 10.3 Å². The zero-order valence-electron chi connectivity index (χ0n) is 8.97. The molecule has 0 spiro atoms. The number of thiophene rings is 1. The molecule has 2 heterocycles. The van der Waals surface area contributed by atoms with Crippen molar-refractivity contribution in [1.29, 1.82) is 0 Å². The fourth-order valence-electron chi connectivity index (χ4n) is 1.69. The molecule has 3 nitrogen and oxygen atoms in total. The predicted octanol–water partition coefficient (Wildman–Crippen LogP) is 2.32. The molecule has 0 fully saturated rings. The highest BCUT2D eigenvalue weighted by atomic mass is 32.1. The maximum absolute atomic E-state index is 6.21. The molecule has 4 heteroatoms. The summed E-state index contributed by atoms with van der Waals surface area (Å²) < 4.78 is 2.09. The van der Waals surface area contributed by atoms with Gasteiger partial charge >= 0.3 is 0 Å². The highest BCUT2D eigenvalue weighted by molar-refractivity contribution is 7.10. The Morgan fingerprint density at radius 3 is 3.00 bits per heavy atom.